The average molecular weight is 536 g/mol. The quantitative estimate of drug-likeness (QED) is 0.313. The summed E-state index contributed by atoms with van der Waals surface area (Å²) in [7, 11) is 8.72. The van der Waals surface area contributed by atoms with Crippen LogP contribution in [0.1, 0.15) is 25.7 Å². The Kier molecular flexibility index (Phi) is 7.63. The van der Waals surface area contributed by atoms with Crippen molar-refractivity contribution in [2.75, 3.05) is 0 Å². The zero-order valence-electron chi connectivity index (χ0n) is 10.9. The zero-order chi connectivity index (χ0) is 15.9. The molecule has 127 valence electrons. The molecule has 4 nitrogen and oxygen atoms in total. The summed E-state index contributed by atoms with van der Waals surface area (Å²) in [5.41, 5.74) is 0. The molecule has 0 aliphatic heterocycles. The minimum Gasteiger partial charge on any atom is 0 e. The largest absolute Gasteiger partial charge is 0 e. The minimum absolute atomic E-state index is 0. The molecule has 0 bridgehead atoms. The molecule has 0 saturated carbocycles. The molecule has 1 radical (unpaired) electrons. The van der Waals surface area contributed by atoms with Crippen LogP contribution < -0.4 is 0 Å². The van der Waals surface area contributed by atoms with E-state index in [4.69, 9.17) is 29.1 Å². The SMILES string of the molecule is C1=CCCC=CCC1.O=[CH][Rh]([Cl])([Cl])([Cl])([CH]=O)([CH]=O)[CH]=O.[Rh]. The van der Waals surface area contributed by atoms with Gasteiger partial charge in [-0.05, 0) is 25.7 Å². The molecule has 0 fully saturated rings. The predicted molar refractivity (Wildman–Crippen MR) is 81.3 cm³/mol. The smallest absolute Gasteiger partial charge is 0 e. The van der Waals surface area contributed by atoms with Gasteiger partial charge in [-0.2, -0.15) is 0 Å². The fourth-order valence-corrected chi connectivity index (χ4v) is 1.51. The number of hydrogen-bond acceptors (Lipinski definition) is 4. The van der Waals surface area contributed by atoms with Crippen LogP contribution in [-0.2, 0) is 46.9 Å². The Morgan fingerprint density at radius 1 is 0.619 bits per heavy atom. The first-order valence-corrected chi connectivity index (χ1v) is 15.5. The number of halogens is 3. The summed E-state index contributed by atoms with van der Waals surface area (Å²) < 4.78 is 0. The number of carbonyl (C=O) groups excluding carboxylic acids is 4. The van der Waals surface area contributed by atoms with Crippen LogP contribution in [0.5, 0.6) is 0 Å². The van der Waals surface area contributed by atoms with Gasteiger partial charge in [-0.15, -0.1) is 0 Å². The Hall–Kier alpha value is 0.277. The van der Waals surface area contributed by atoms with E-state index in [1.165, 1.54) is 25.7 Å². The fraction of sp³-hybridized carbons (Fsp3) is 0.333. The second-order valence-corrected chi connectivity index (χ2v) is 31.0. The van der Waals surface area contributed by atoms with E-state index in [9.17, 15) is 19.2 Å². The minimum atomic E-state index is -7.08. The fourth-order valence-electron chi connectivity index (χ4n) is 0.967. The molecule has 21 heavy (non-hydrogen) atoms. The number of allylic oxidation sites excluding steroid dienone is 4. The Labute approximate surface area is 144 Å². The van der Waals surface area contributed by atoms with Gasteiger partial charge in [0.25, 0.3) is 0 Å². The van der Waals surface area contributed by atoms with Gasteiger partial charge in [0, 0.05) is 19.5 Å². The summed E-state index contributed by atoms with van der Waals surface area (Å²) in [5.74, 6) is 0. The maximum atomic E-state index is 10.5. The molecule has 0 spiro atoms. The summed E-state index contributed by atoms with van der Waals surface area (Å²) in [4.78, 5) is 40.0. The van der Waals surface area contributed by atoms with Gasteiger partial charge < -0.3 is 0 Å². The maximum absolute atomic E-state index is 10.5. The van der Waals surface area contributed by atoms with Crippen molar-refractivity contribution in [1.29, 1.82) is 0 Å². The molecule has 0 aromatic heterocycles. The molecule has 0 heterocycles. The maximum Gasteiger partial charge on any atom is 0 e. The molecule has 0 unspecified atom stereocenters. The number of rotatable bonds is 4. The molecule has 0 aromatic rings. The van der Waals surface area contributed by atoms with Crippen molar-refractivity contribution >= 4 is 48.6 Å². The zero-order valence-corrected chi connectivity index (χ0v) is 16.4. The van der Waals surface area contributed by atoms with E-state index >= 15 is 0 Å². The van der Waals surface area contributed by atoms with Gasteiger partial charge in [-0.1, -0.05) is 24.3 Å². The molecule has 0 N–H and O–H groups in total. The monoisotopic (exact) mass is 535 g/mol. The van der Waals surface area contributed by atoms with Crippen molar-refractivity contribution in [3.63, 3.8) is 0 Å². The first kappa shape index (κ1) is 23.5. The first-order chi connectivity index (χ1) is 9.03. The van der Waals surface area contributed by atoms with Crippen LogP contribution in [0.2, 0.25) is 0 Å². The van der Waals surface area contributed by atoms with Crippen molar-refractivity contribution in [2.24, 2.45) is 0 Å². The van der Waals surface area contributed by atoms with E-state index in [0.29, 0.717) is 0 Å². The topological polar surface area (TPSA) is 68.3 Å². The standard InChI is InChI=1S/C8H12.4CHO.3ClH.2Rh/c1-2-4-6-8-7-5-3-1;4*1-2;;;;;/h1-2,7-8H,3-6H2;4*1H;3*1H;;/q;;;;;;;;;+3/p-3. The Morgan fingerprint density at radius 3 is 0.905 bits per heavy atom. The molecule has 0 saturated heterocycles. The third-order valence-electron chi connectivity index (χ3n) is 2.23. The molecule has 0 atom stereocenters. The van der Waals surface area contributed by atoms with Crippen molar-refractivity contribution in [1.82, 2.24) is 0 Å². The molecule has 0 amide bonds. The summed E-state index contributed by atoms with van der Waals surface area (Å²) in [5, 5.41) is 0. The number of hydrogen-bond donors (Lipinski definition) is 0. The molecule has 1 rings (SSSR count). The summed E-state index contributed by atoms with van der Waals surface area (Å²) in [6.07, 6.45) is 14.0. The molecular formula is C12H16Cl3O4Rh2. The van der Waals surface area contributed by atoms with E-state index in [1.807, 2.05) is 0 Å². The molecule has 0 aromatic carbocycles. The van der Waals surface area contributed by atoms with Gasteiger partial charge in [-0.25, -0.2) is 0 Å². The number of carbonyl (C=O) groups is 4. The third-order valence-corrected chi connectivity index (χ3v) is 10.9. The van der Waals surface area contributed by atoms with Gasteiger partial charge in [0.05, 0.1) is 0 Å². The van der Waals surface area contributed by atoms with E-state index in [0.717, 1.165) is 0 Å². The third kappa shape index (κ3) is 6.50. The molecular weight excluding hydrogens is 520 g/mol. The molecule has 1 aliphatic carbocycles. The van der Waals surface area contributed by atoms with Crippen LogP contribution in [0.15, 0.2) is 24.3 Å². The van der Waals surface area contributed by atoms with Gasteiger partial charge in [0.2, 0.25) is 0 Å². The Balaban J connectivity index is 0. The van der Waals surface area contributed by atoms with E-state index in [1.54, 1.807) is 0 Å². The van der Waals surface area contributed by atoms with Gasteiger partial charge >= 0.3 is 76.0 Å². The molecule has 1 aliphatic rings. The normalized spacial score (nSPS) is 19.3. The van der Waals surface area contributed by atoms with Gasteiger partial charge in [0.15, 0.2) is 0 Å². The van der Waals surface area contributed by atoms with Crippen molar-refractivity contribution in [3.05, 3.63) is 24.3 Å². The van der Waals surface area contributed by atoms with E-state index < -0.39 is 27.8 Å². The van der Waals surface area contributed by atoms with E-state index in [-0.39, 0.29) is 19.5 Å². The van der Waals surface area contributed by atoms with Gasteiger partial charge in [-0.3, -0.25) is 0 Å². The summed E-state index contributed by atoms with van der Waals surface area (Å²) in [6.45, 7) is 0. The molecule has 9 heteroatoms. The van der Waals surface area contributed by atoms with Crippen molar-refractivity contribution in [3.8, 4) is 0 Å². The van der Waals surface area contributed by atoms with Crippen LogP contribution in [0.3, 0.4) is 0 Å². The van der Waals surface area contributed by atoms with Crippen molar-refractivity contribution < 1.29 is 46.9 Å². The first-order valence-electron chi connectivity index (χ1n) is 5.39. The Morgan fingerprint density at radius 2 is 0.810 bits per heavy atom. The van der Waals surface area contributed by atoms with Crippen LogP contribution in [0, 0.1) is 0 Å². The Bertz CT molecular complexity index is 427. The van der Waals surface area contributed by atoms with Crippen molar-refractivity contribution in [2.45, 2.75) is 25.7 Å². The second kappa shape index (κ2) is 6.80. The second-order valence-electron chi connectivity index (χ2n) is 4.09. The van der Waals surface area contributed by atoms with Gasteiger partial charge in [0.1, 0.15) is 0 Å². The van der Waals surface area contributed by atoms with Crippen LogP contribution in [-0.4, -0.2) is 19.5 Å². The summed E-state index contributed by atoms with van der Waals surface area (Å²) in [6, 6.07) is 0. The van der Waals surface area contributed by atoms with E-state index in [2.05, 4.69) is 24.3 Å². The average Bonchev–Trinajstić information content (AvgIpc) is 2.41. The predicted octanol–water partition coefficient (Wildman–Crippen LogP) is 3.64. The van der Waals surface area contributed by atoms with Crippen LogP contribution >= 0.6 is 29.1 Å². The van der Waals surface area contributed by atoms with Crippen LogP contribution in [0.25, 0.3) is 0 Å². The van der Waals surface area contributed by atoms with Crippen LogP contribution in [0.4, 0.5) is 0 Å². The summed E-state index contributed by atoms with van der Waals surface area (Å²) >= 11 is 0.